The predicted molar refractivity (Wildman–Crippen MR) is 89.8 cm³/mol. The van der Waals surface area contributed by atoms with Crippen LogP contribution in [0.5, 0.6) is 5.75 Å². The maximum atomic E-state index is 12.4. The molecule has 1 heterocycles. The fourth-order valence-corrected chi connectivity index (χ4v) is 4.94. The molecule has 0 aliphatic rings. The van der Waals surface area contributed by atoms with E-state index in [9.17, 15) is 8.42 Å². The number of rotatable bonds is 6. The molecule has 0 radical (unpaired) electrons. The highest BCUT2D eigenvalue weighted by molar-refractivity contribution is 9.11. The van der Waals surface area contributed by atoms with E-state index < -0.39 is 10.0 Å². The number of halogens is 1. The number of benzene rings is 1. The summed E-state index contributed by atoms with van der Waals surface area (Å²) >= 11 is 4.53. The first kappa shape index (κ1) is 16.3. The normalized spacial score (nSPS) is 11.4. The van der Waals surface area contributed by atoms with Crippen molar-refractivity contribution >= 4 is 43.0 Å². The summed E-state index contributed by atoms with van der Waals surface area (Å²) in [5.41, 5.74) is 1.35. The van der Waals surface area contributed by atoms with Crippen molar-refractivity contribution in [2.45, 2.75) is 24.5 Å². The van der Waals surface area contributed by atoms with Crippen molar-refractivity contribution < 1.29 is 13.2 Å². The van der Waals surface area contributed by atoms with E-state index in [4.69, 9.17) is 4.74 Å². The summed E-state index contributed by atoms with van der Waals surface area (Å²) in [6, 6.07) is 8.68. The molecule has 4 nitrogen and oxygen atoms in total. The van der Waals surface area contributed by atoms with Gasteiger partial charge in [-0.2, -0.15) is 0 Å². The fourth-order valence-electron chi connectivity index (χ4n) is 1.65. The molecular weight excluding hydrogens is 374 g/mol. The van der Waals surface area contributed by atoms with Gasteiger partial charge in [0.15, 0.2) is 0 Å². The number of thiophene rings is 1. The first-order valence-electron chi connectivity index (χ1n) is 6.44. The maximum absolute atomic E-state index is 12.4. The topological polar surface area (TPSA) is 55.4 Å². The van der Waals surface area contributed by atoms with Crippen molar-refractivity contribution in [2.24, 2.45) is 0 Å². The average molecular weight is 390 g/mol. The van der Waals surface area contributed by atoms with Crippen LogP contribution in [-0.4, -0.2) is 15.0 Å². The van der Waals surface area contributed by atoms with E-state index in [0.29, 0.717) is 18.0 Å². The molecule has 21 heavy (non-hydrogen) atoms. The molecule has 7 heteroatoms. The zero-order valence-electron chi connectivity index (χ0n) is 11.7. The number of hydrogen-bond donors (Lipinski definition) is 1. The lowest BCUT2D eigenvalue weighted by Gasteiger charge is -2.12. The summed E-state index contributed by atoms with van der Waals surface area (Å²) in [5, 5.41) is 0. The molecule has 0 unspecified atom stereocenters. The summed E-state index contributed by atoms with van der Waals surface area (Å²) in [6.45, 7) is 4.40. The molecule has 0 spiro atoms. The van der Waals surface area contributed by atoms with Gasteiger partial charge in [0.25, 0.3) is 10.0 Å². The van der Waals surface area contributed by atoms with Gasteiger partial charge in [-0.1, -0.05) is 19.1 Å². The summed E-state index contributed by atoms with van der Waals surface area (Å²) < 4.78 is 34.1. The first-order chi connectivity index (χ1) is 9.94. The number of ether oxygens (including phenoxy) is 1. The van der Waals surface area contributed by atoms with Gasteiger partial charge < -0.3 is 4.74 Å². The van der Waals surface area contributed by atoms with Crippen LogP contribution in [0, 0.1) is 6.92 Å². The lowest BCUT2D eigenvalue weighted by atomic mass is 10.3. The SMILES string of the molecule is CCCOc1ccccc1NS(=O)(=O)c1cc(C)c(Br)s1. The number of anilines is 1. The molecule has 0 bridgehead atoms. The van der Waals surface area contributed by atoms with E-state index in [1.165, 1.54) is 11.3 Å². The van der Waals surface area contributed by atoms with Crippen LogP contribution in [0.15, 0.2) is 38.3 Å². The predicted octanol–water partition coefficient (Wildman–Crippen LogP) is 4.41. The number of para-hydroxylation sites is 2. The third kappa shape index (κ3) is 3.99. The molecule has 114 valence electrons. The Hall–Kier alpha value is -1.05. The van der Waals surface area contributed by atoms with Crippen LogP contribution in [0.4, 0.5) is 5.69 Å². The van der Waals surface area contributed by atoms with Gasteiger partial charge in [-0.3, -0.25) is 4.72 Å². The zero-order valence-corrected chi connectivity index (χ0v) is 14.9. The van der Waals surface area contributed by atoms with E-state index in [2.05, 4.69) is 20.7 Å². The Kier molecular flexibility index (Phi) is 5.29. The first-order valence-corrected chi connectivity index (χ1v) is 9.54. The monoisotopic (exact) mass is 389 g/mol. The van der Waals surface area contributed by atoms with Gasteiger partial charge in [-0.25, -0.2) is 8.42 Å². The Balaban J connectivity index is 2.28. The Morgan fingerprint density at radius 1 is 1.33 bits per heavy atom. The van der Waals surface area contributed by atoms with Gasteiger partial charge in [0.1, 0.15) is 9.96 Å². The van der Waals surface area contributed by atoms with Crippen molar-refractivity contribution in [1.29, 1.82) is 0 Å². The van der Waals surface area contributed by atoms with E-state index in [1.807, 2.05) is 19.9 Å². The third-order valence-electron chi connectivity index (χ3n) is 2.69. The van der Waals surface area contributed by atoms with Crippen molar-refractivity contribution in [3.05, 3.63) is 39.7 Å². The Morgan fingerprint density at radius 2 is 2.05 bits per heavy atom. The largest absolute Gasteiger partial charge is 0.491 e. The highest BCUT2D eigenvalue weighted by atomic mass is 79.9. The molecule has 1 N–H and O–H groups in total. The molecular formula is C14H16BrNO3S2. The molecule has 1 aromatic carbocycles. The average Bonchev–Trinajstić information content (AvgIpc) is 2.78. The van der Waals surface area contributed by atoms with Crippen molar-refractivity contribution in [3.63, 3.8) is 0 Å². The number of hydrogen-bond acceptors (Lipinski definition) is 4. The minimum absolute atomic E-state index is 0.275. The fraction of sp³-hybridized carbons (Fsp3) is 0.286. The Bertz CT molecular complexity index is 706. The number of aryl methyl sites for hydroxylation is 1. The van der Waals surface area contributed by atoms with Gasteiger partial charge in [-0.05, 0) is 53.0 Å². The highest BCUT2D eigenvalue weighted by Gasteiger charge is 2.20. The van der Waals surface area contributed by atoms with E-state index in [0.717, 1.165) is 15.8 Å². The molecule has 0 saturated carbocycles. The smallest absolute Gasteiger partial charge is 0.271 e. The molecule has 1 aromatic heterocycles. The maximum Gasteiger partial charge on any atom is 0.271 e. The molecule has 0 amide bonds. The molecule has 2 aromatic rings. The molecule has 0 atom stereocenters. The van der Waals surface area contributed by atoms with Crippen LogP contribution >= 0.6 is 27.3 Å². The summed E-state index contributed by atoms with van der Waals surface area (Å²) in [6.07, 6.45) is 0.859. The summed E-state index contributed by atoms with van der Waals surface area (Å²) in [4.78, 5) is 0. The second kappa shape index (κ2) is 6.81. The van der Waals surface area contributed by atoms with E-state index in [1.54, 1.807) is 24.3 Å². The van der Waals surface area contributed by atoms with Crippen molar-refractivity contribution in [2.75, 3.05) is 11.3 Å². The van der Waals surface area contributed by atoms with Crippen molar-refractivity contribution in [3.8, 4) is 5.75 Å². The summed E-state index contributed by atoms with van der Waals surface area (Å²) in [5.74, 6) is 0.537. The minimum atomic E-state index is -3.60. The Labute approximate surface area is 137 Å². The minimum Gasteiger partial charge on any atom is -0.491 e. The van der Waals surface area contributed by atoms with Crippen LogP contribution in [0.3, 0.4) is 0 Å². The highest BCUT2D eigenvalue weighted by Crippen LogP contribution is 2.33. The van der Waals surface area contributed by atoms with Crippen LogP contribution in [0.2, 0.25) is 0 Å². The zero-order chi connectivity index (χ0) is 15.5. The Morgan fingerprint density at radius 3 is 2.67 bits per heavy atom. The van der Waals surface area contributed by atoms with Gasteiger partial charge in [0.05, 0.1) is 16.1 Å². The van der Waals surface area contributed by atoms with Gasteiger partial charge in [0.2, 0.25) is 0 Å². The van der Waals surface area contributed by atoms with Crippen LogP contribution in [0.25, 0.3) is 0 Å². The van der Waals surface area contributed by atoms with Crippen LogP contribution in [0.1, 0.15) is 18.9 Å². The van der Waals surface area contributed by atoms with E-state index >= 15 is 0 Å². The number of sulfonamides is 1. The molecule has 0 aliphatic carbocycles. The second-order valence-electron chi connectivity index (χ2n) is 4.47. The second-order valence-corrected chi connectivity index (χ2v) is 8.75. The van der Waals surface area contributed by atoms with Gasteiger partial charge in [0, 0.05) is 0 Å². The van der Waals surface area contributed by atoms with Crippen LogP contribution < -0.4 is 9.46 Å². The third-order valence-corrected chi connectivity index (χ3v) is 6.67. The molecule has 0 aliphatic heterocycles. The van der Waals surface area contributed by atoms with Gasteiger partial charge in [-0.15, -0.1) is 11.3 Å². The standard InChI is InChI=1S/C14H16BrNO3S2/c1-3-8-19-12-7-5-4-6-11(12)16-21(17,18)13-9-10(2)14(15)20-13/h4-7,9,16H,3,8H2,1-2H3. The lowest BCUT2D eigenvalue weighted by molar-refractivity contribution is 0.319. The number of nitrogens with one attached hydrogen (secondary N) is 1. The molecule has 0 saturated heterocycles. The molecule has 2 rings (SSSR count). The van der Waals surface area contributed by atoms with Crippen molar-refractivity contribution in [1.82, 2.24) is 0 Å². The molecule has 0 fully saturated rings. The van der Waals surface area contributed by atoms with Crippen LogP contribution in [-0.2, 0) is 10.0 Å². The quantitative estimate of drug-likeness (QED) is 0.795. The summed E-state index contributed by atoms with van der Waals surface area (Å²) in [7, 11) is -3.60. The lowest BCUT2D eigenvalue weighted by Crippen LogP contribution is -2.12. The van der Waals surface area contributed by atoms with Gasteiger partial charge >= 0.3 is 0 Å². The van der Waals surface area contributed by atoms with E-state index in [-0.39, 0.29) is 4.21 Å².